The fourth-order valence-corrected chi connectivity index (χ4v) is 8.19. The van der Waals surface area contributed by atoms with Crippen molar-refractivity contribution >= 4 is 33.1 Å². The molecule has 228 valence electrons. The first-order valence-corrected chi connectivity index (χ1v) is 16.1. The molecule has 3 aliphatic rings. The maximum absolute atomic E-state index is 14.0. The number of hydrogen-bond acceptors (Lipinski definition) is 6. The molecule has 0 spiro atoms. The molecule has 0 aliphatic carbocycles. The Morgan fingerprint density at radius 1 is 1.16 bits per heavy atom. The van der Waals surface area contributed by atoms with Crippen LogP contribution in [0, 0.1) is 0 Å². The summed E-state index contributed by atoms with van der Waals surface area (Å²) >= 11 is 5.77. The predicted molar refractivity (Wildman–Crippen MR) is 153 cm³/mol. The Bertz CT molecular complexity index is 1750. The molecular formula is C29H30ClF3N6O3S. The van der Waals surface area contributed by atoms with Crippen LogP contribution in [0.25, 0.3) is 0 Å². The Balaban J connectivity index is 1.28. The van der Waals surface area contributed by atoms with E-state index in [1.165, 1.54) is 11.0 Å². The van der Waals surface area contributed by atoms with E-state index in [1.807, 2.05) is 26.8 Å². The van der Waals surface area contributed by atoms with Crippen molar-refractivity contribution in [1.29, 1.82) is 0 Å². The summed E-state index contributed by atoms with van der Waals surface area (Å²) in [5.74, 6) is -0.348. The second kappa shape index (κ2) is 10.6. The SMILES string of the molecule is C[C@@H]1Cc2nn3c(c2CN1C(=O)c1ccc(Cl)c(C(F)(F)F)c1)C(=O)N([C@@H](C)c1ccc([S@@]2(=O)=NCCC2)nc1)C[C@H]3C. The first-order valence-electron chi connectivity index (χ1n) is 14.0. The molecule has 0 radical (unpaired) electrons. The minimum Gasteiger partial charge on any atom is -0.331 e. The molecule has 0 saturated heterocycles. The number of amides is 2. The van der Waals surface area contributed by atoms with E-state index in [2.05, 4.69) is 9.35 Å². The average Bonchev–Trinajstić information content (AvgIpc) is 3.58. The largest absolute Gasteiger partial charge is 0.417 e. The summed E-state index contributed by atoms with van der Waals surface area (Å²) in [6.45, 7) is 6.65. The molecule has 14 heteroatoms. The molecule has 0 N–H and O–H groups in total. The third-order valence-corrected chi connectivity index (χ3v) is 11.1. The first-order chi connectivity index (χ1) is 20.3. The summed E-state index contributed by atoms with van der Waals surface area (Å²) in [6, 6.07) is 5.80. The number of alkyl halides is 3. The van der Waals surface area contributed by atoms with Gasteiger partial charge in [-0.05, 0) is 57.0 Å². The van der Waals surface area contributed by atoms with E-state index in [0.717, 1.165) is 24.1 Å². The number of rotatable bonds is 4. The summed E-state index contributed by atoms with van der Waals surface area (Å²) in [6.07, 6.45) is -1.94. The highest BCUT2D eigenvalue weighted by molar-refractivity contribution is 7.93. The van der Waals surface area contributed by atoms with Gasteiger partial charge in [-0.15, -0.1) is 0 Å². The van der Waals surface area contributed by atoms with E-state index >= 15 is 0 Å². The third kappa shape index (κ3) is 5.09. The van der Waals surface area contributed by atoms with Crippen LogP contribution in [0.2, 0.25) is 5.02 Å². The molecule has 4 atom stereocenters. The number of carbonyl (C=O) groups is 2. The Hall–Kier alpha value is -3.45. The van der Waals surface area contributed by atoms with Gasteiger partial charge in [0, 0.05) is 48.6 Å². The van der Waals surface area contributed by atoms with Crippen LogP contribution in [0.3, 0.4) is 0 Å². The molecule has 6 rings (SSSR count). The van der Waals surface area contributed by atoms with Gasteiger partial charge in [0.25, 0.3) is 11.8 Å². The minimum atomic E-state index is -4.71. The van der Waals surface area contributed by atoms with Crippen molar-refractivity contribution in [3.63, 3.8) is 0 Å². The standard InChI is InChI=1S/C29H30ClF3N6O3S/c1-16-11-24-21(15-37(16)27(40)19-5-7-23(30)22(12-19)29(31,32)33)26-28(41)38(14-17(2)39(26)36-24)18(3)20-6-8-25(34-13-20)43(42)10-4-9-35-43/h5-8,12-13,16-18H,4,9-11,14-15H2,1-3H3/t16-,17-,18+,43-/m1/s1. The van der Waals surface area contributed by atoms with Crippen LogP contribution >= 0.6 is 11.6 Å². The van der Waals surface area contributed by atoms with Crippen molar-refractivity contribution < 1.29 is 27.0 Å². The Morgan fingerprint density at radius 3 is 2.58 bits per heavy atom. The van der Waals surface area contributed by atoms with Gasteiger partial charge in [-0.2, -0.15) is 18.3 Å². The van der Waals surface area contributed by atoms with Crippen LogP contribution in [-0.4, -0.2) is 65.5 Å². The van der Waals surface area contributed by atoms with E-state index in [4.69, 9.17) is 16.7 Å². The van der Waals surface area contributed by atoms with Gasteiger partial charge < -0.3 is 9.80 Å². The Morgan fingerprint density at radius 2 is 1.93 bits per heavy atom. The van der Waals surface area contributed by atoms with Crippen LogP contribution in [0.1, 0.15) is 82.5 Å². The maximum atomic E-state index is 14.0. The molecule has 3 aromatic rings. The minimum absolute atomic E-state index is 0.0312. The average molecular weight is 635 g/mol. The molecule has 1 aromatic carbocycles. The second-order valence-electron chi connectivity index (χ2n) is 11.4. The highest BCUT2D eigenvalue weighted by Crippen LogP contribution is 2.38. The van der Waals surface area contributed by atoms with Crippen molar-refractivity contribution in [2.75, 3.05) is 18.8 Å². The van der Waals surface area contributed by atoms with Gasteiger partial charge in [-0.1, -0.05) is 17.7 Å². The van der Waals surface area contributed by atoms with Crippen molar-refractivity contribution in [2.24, 2.45) is 4.36 Å². The van der Waals surface area contributed by atoms with Crippen LogP contribution < -0.4 is 0 Å². The van der Waals surface area contributed by atoms with Gasteiger partial charge >= 0.3 is 6.18 Å². The fraction of sp³-hybridized carbons (Fsp3) is 0.448. The molecule has 5 heterocycles. The number of benzene rings is 1. The molecule has 3 aliphatic heterocycles. The molecular weight excluding hydrogens is 605 g/mol. The van der Waals surface area contributed by atoms with Gasteiger partial charge in [-0.25, -0.2) is 13.6 Å². The lowest BCUT2D eigenvalue weighted by molar-refractivity contribution is -0.137. The lowest BCUT2D eigenvalue weighted by atomic mass is 9.96. The molecule has 0 bridgehead atoms. The van der Waals surface area contributed by atoms with Crippen LogP contribution in [0.15, 0.2) is 45.9 Å². The summed E-state index contributed by atoms with van der Waals surface area (Å²) in [7, 11) is -2.48. The Kier molecular flexibility index (Phi) is 7.31. The highest BCUT2D eigenvalue weighted by Gasteiger charge is 2.41. The van der Waals surface area contributed by atoms with Gasteiger partial charge in [0.2, 0.25) is 0 Å². The lowest BCUT2D eigenvalue weighted by Gasteiger charge is -2.37. The molecule has 0 unspecified atom stereocenters. The van der Waals surface area contributed by atoms with Crippen molar-refractivity contribution in [2.45, 2.75) is 69.5 Å². The van der Waals surface area contributed by atoms with E-state index in [0.29, 0.717) is 47.2 Å². The molecule has 43 heavy (non-hydrogen) atoms. The van der Waals surface area contributed by atoms with E-state index in [1.54, 1.807) is 21.8 Å². The summed E-state index contributed by atoms with van der Waals surface area (Å²) in [5.41, 5.74) is 1.23. The number of pyridine rings is 1. The maximum Gasteiger partial charge on any atom is 0.417 e. The van der Waals surface area contributed by atoms with E-state index < -0.39 is 32.4 Å². The monoisotopic (exact) mass is 634 g/mol. The lowest BCUT2D eigenvalue weighted by Crippen LogP contribution is -2.45. The number of aromatic nitrogens is 3. The predicted octanol–water partition coefficient (Wildman–Crippen LogP) is 5.55. The van der Waals surface area contributed by atoms with Crippen LogP contribution in [0.4, 0.5) is 13.2 Å². The third-order valence-electron chi connectivity index (χ3n) is 8.48. The molecule has 2 amide bonds. The molecule has 0 fully saturated rings. The topological polar surface area (TPSA) is 101 Å². The molecule has 2 aromatic heterocycles. The number of hydrogen-bond donors (Lipinski definition) is 0. The van der Waals surface area contributed by atoms with Crippen molar-refractivity contribution in [1.82, 2.24) is 24.6 Å². The number of halogens is 4. The van der Waals surface area contributed by atoms with E-state index in [-0.39, 0.29) is 36.1 Å². The molecule has 9 nitrogen and oxygen atoms in total. The quantitative estimate of drug-likeness (QED) is 0.375. The second-order valence-corrected chi connectivity index (χ2v) is 14.1. The van der Waals surface area contributed by atoms with Gasteiger partial charge in [0.15, 0.2) is 0 Å². The number of carbonyl (C=O) groups excluding carboxylic acids is 2. The zero-order valence-electron chi connectivity index (χ0n) is 23.8. The summed E-state index contributed by atoms with van der Waals surface area (Å²) in [5, 5.41) is 4.71. The van der Waals surface area contributed by atoms with Crippen LogP contribution in [-0.2, 0) is 28.9 Å². The first kappa shape index (κ1) is 29.6. The van der Waals surface area contributed by atoms with Crippen LogP contribution in [0.5, 0.6) is 0 Å². The molecule has 0 saturated carbocycles. The van der Waals surface area contributed by atoms with Crippen molar-refractivity contribution in [3.05, 3.63) is 75.2 Å². The number of fused-ring (bicyclic) bond motifs is 3. The van der Waals surface area contributed by atoms with Crippen molar-refractivity contribution in [3.8, 4) is 0 Å². The van der Waals surface area contributed by atoms with Gasteiger partial charge in [0.1, 0.15) is 10.7 Å². The normalized spacial score (nSPS) is 24.4. The van der Waals surface area contributed by atoms with Gasteiger partial charge in [-0.3, -0.25) is 14.3 Å². The Labute approximate surface area is 252 Å². The fourth-order valence-electron chi connectivity index (χ4n) is 6.05. The zero-order chi connectivity index (χ0) is 30.8. The number of nitrogens with zero attached hydrogens (tertiary/aromatic N) is 6. The highest BCUT2D eigenvalue weighted by atomic mass is 35.5. The van der Waals surface area contributed by atoms with Gasteiger partial charge in [0.05, 0.1) is 44.6 Å². The summed E-state index contributed by atoms with van der Waals surface area (Å²) in [4.78, 5) is 35.2. The smallest absolute Gasteiger partial charge is 0.331 e. The zero-order valence-corrected chi connectivity index (χ0v) is 25.3. The summed E-state index contributed by atoms with van der Waals surface area (Å²) < 4.78 is 59.4. The van der Waals surface area contributed by atoms with E-state index in [9.17, 15) is 27.0 Å².